The van der Waals surface area contributed by atoms with Crippen molar-refractivity contribution < 1.29 is 32.8 Å². The van der Waals surface area contributed by atoms with Crippen molar-refractivity contribution in [3.05, 3.63) is 12.4 Å². The maximum atomic E-state index is 13.4. The lowest BCUT2D eigenvalue weighted by atomic mass is 9.77. The number of hydrogen-bond acceptors (Lipinski definition) is 7. The summed E-state index contributed by atoms with van der Waals surface area (Å²) in [6.07, 6.45) is -3.24. The molecule has 1 aliphatic rings. The normalized spacial score (nSPS) is 17.5. The standard InChI is InChI=1S/C13H17BF3N3O4/c1-2-24-10(21)12(13(15,16)17)3-5-20(6-4-12)11-18-7-9(8-19-11)14(22)23/h7-8,22-23H,2-6H2,1H3. The van der Waals surface area contributed by atoms with Gasteiger partial charge in [-0.1, -0.05) is 0 Å². The molecule has 2 rings (SSSR count). The van der Waals surface area contributed by atoms with Gasteiger partial charge >= 0.3 is 19.3 Å². The second kappa shape index (κ2) is 6.93. The summed E-state index contributed by atoms with van der Waals surface area (Å²) in [5.41, 5.74) is -2.44. The van der Waals surface area contributed by atoms with Gasteiger partial charge in [-0.3, -0.25) is 4.79 Å². The van der Waals surface area contributed by atoms with Gasteiger partial charge in [-0.25, -0.2) is 9.97 Å². The maximum Gasteiger partial charge on any atom is 0.491 e. The number of carbonyl (C=O) groups excluding carboxylic acids is 1. The van der Waals surface area contributed by atoms with E-state index in [0.29, 0.717) is 0 Å². The van der Waals surface area contributed by atoms with Gasteiger partial charge in [0.25, 0.3) is 0 Å². The molecular weight excluding hydrogens is 330 g/mol. The molecule has 2 heterocycles. The van der Waals surface area contributed by atoms with Crippen molar-refractivity contribution in [3.63, 3.8) is 0 Å². The van der Waals surface area contributed by atoms with E-state index in [1.807, 2.05) is 0 Å². The van der Waals surface area contributed by atoms with Crippen LogP contribution in [0.5, 0.6) is 0 Å². The molecule has 7 nitrogen and oxygen atoms in total. The van der Waals surface area contributed by atoms with Gasteiger partial charge in [-0.15, -0.1) is 0 Å². The Labute approximate surface area is 136 Å². The van der Waals surface area contributed by atoms with Crippen molar-refractivity contribution in [2.24, 2.45) is 5.41 Å². The number of ether oxygens (including phenoxy) is 1. The monoisotopic (exact) mass is 347 g/mol. The number of halogens is 3. The summed E-state index contributed by atoms with van der Waals surface area (Å²) in [6.45, 7) is 1.20. The highest BCUT2D eigenvalue weighted by molar-refractivity contribution is 6.58. The molecule has 132 valence electrons. The van der Waals surface area contributed by atoms with Crippen molar-refractivity contribution in [1.82, 2.24) is 9.97 Å². The number of alkyl halides is 3. The first-order valence-corrected chi connectivity index (χ1v) is 7.38. The Morgan fingerprint density at radius 1 is 1.33 bits per heavy atom. The van der Waals surface area contributed by atoms with Crippen LogP contribution in [0, 0.1) is 5.41 Å². The van der Waals surface area contributed by atoms with E-state index in [0.717, 1.165) is 0 Å². The van der Waals surface area contributed by atoms with Crippen LogP contribution in [0.3, 0.4) is 0 Å². The van der Waals surface area contributed by atoms with E-state index < -0.39 is 37.5 Å². The number of nitrogens with zero attached hydrogens (tertiary/aromatic N) is 3. The Kier molecular flexibility index (Phi) is 5.33. The maximum absolute atomic E-state index is 13.4. The predicted molar refractivity (Wildman–Crippen MR) is 78.4 cm³/mol. The van der Waals surface area contributed by atoms with E-state index in [1.54, 1.807) is 0 Å². The van der Waals surface area contributed by atoms with Crippen LogP contribution in [0.4, 0.5) is 19.1 Å². The number of anilines is 1. The van der Waals surface area contributed by atoms with E-state index in [9.17, 15) is 18.0 Å². The fourth-order valence-electron chi connectivity index (χ4n) is 2.59. The van der Waals surface area contributed by atoms with Gasteiger partial charge < -0.3 is 19.7 Å². The first-order valence-electron chi connectivity index (χ1n) is 7.38. The summed E-state index contributed by atoms with van der Waals surface area (Å²) in [6, 6.07) is 0. The Balaban J connectivity index is 2.14. The quantitative estimate of drug-likeness (QED) is 0.579. The third-order valence-electron chi connectivity index (χ3n) is 4.06. The minimum Gasteiger partial charge on any atom is -0.465 e. The number of aromatic nitrogens is 2. The molecule has 11 heteroatoms. The molecule has 1 aliphatic heterocycles. The van der Waals surface area contributed by atoms with Gasteiger partial charge in [0.15, 0.2) is 5.41 Å². The highest BCUT2D eigenvalue weighted by atomic mass is 19.4. The van der Waals surface area contributed by atoms with Gasteiger partial charge in [-0.2, -0.15) is 13.2 Å². The highest BCUT2D eigenvalue weighted by Crippen LogP contribution is 2.47. The molecule has 0 spiro atoms. The number of hydrogen-bond donors (Lipinski definition) is 2. The lowest BCUT2D eigenvalue weighted by molar-refractivity contribution is -0.239. The van der Waals surface area contributed by atoms with Crippen molar-refractivity contribution in [1.29, 1.82) is 0 Å². The largest absolute Gasteiger partial charge is 0.491 e. The Morgan fingerprint density at radius 3 is 2.29 bits per heavy atom. The minimum atomic E-state index is -4.70. The summed E-state index contributed by atoms with van der Waals surface area (Å²) in [7, 11) is -1.72. The van der Waals surface area contributed by atoms with Gasteiger partial charge in [0.05, 0.1) is 6.61 Å². The summed E-state index contributed by atoms with van der Waals surface area (Å²) < 4.78 is 44.9. The Morgan fingerprint density at radius 2 is 1.88 bits per heavy atom. The zero-order chi connectivity index (χ0) is 18.0. The van der Waals surface area contributed by atoms with Crippen LogP contribution in [0.15, 0.2) is 12.4 Å². The van der Waals surface area contributed by atoms with Crippen molar-refractivity contribution in [2.45, 2.75) is 25.9 Å². The van der Waals surface area contributed by atoms with Gasteiger partial charge in [0.1, 0.15) is 0 Å². The van der Waals surface area contributed by atoms with Crippen LogP contribution in [-0.4, -0.2) is 59.0 Å². The molecule has 0 amide bonds. The molecule has 0 bridgehead atoms. The van der Waals surface area contributed by atoms with Crippen molar-refractivity contribution >= 4 is 24.5 Å². The molecule has 0 saturated carbocycles. The second-order valence-electron chi connectivity index (χ2n) is 5.48. The first kappa shape index (κ1) is 18.5. The molecule has 0 radical (unpaired) electrons. The lowest BCUT2D eigenvalue weighted by Crippen LogP contribution is -2.53. The summed E-state index contributed by atoms with van der Waals surface area (Å²) in [4.78, 5) is 21.2. The first-order chi connectivity index (χ1) is 11.2. The second-order valence-corrected chi connectivity index (χ2v) is 5.48. The van der Waals surface area contributed by atoms with Gasteiger partial charge in [-0.05, 0) is 19.8 Å². The highest BCUT2D eigenvalue weighted by Gasteiger charge is 2.62. The third kappa shape index (κ3) is 3.46. The van der Waals surface area contributed by atoms with Crippen molar-refractivity contribution in [3.8, 4) is 0 Å². The molecule has 24 heavy (non-hydrogen) atoms. The average Bonchev–Trinajstić information content (AvgIpc) is 2.54. The predicted octanol–water partition coefficient (Wildman–Crippen LogP) is -0.132. The molecule has 2 N–H and O–H groups in total. The molecule has 0 atom stereocenters. The smallest absolute Gasteiger partial charge is 0.465 e. The fraction of sp³-hybridized carbons (Fsp3) is 0.615. The number of esters is 1. The van der Waals surface area contributed by atoms with E-state index in [4.69, 9.17) is 10.0 Å². The number of carbonyl (C=O) groups is 1. The van der Waals surface area contributed by atoms with E-state index in [-0.39, 0.29) is 31.1 Å². The summed E-state index contributed by atoms with van der Waals surface area (Å²) in [5.74, 6) is -1.09. The zero-order valence-electron chi connectivity index (χ0n) is 13.0. The Hall–Kier alpha value is -1.88. The van der Waals surface area contributed by atoms with Crippen LogP contribution < -0.4 is 10.4 Å². The minimum absolute atomic E-state index is 0.0701. The molecule has 0 unspecified atom stereocenters. The van der Waals surface area contributed by atoms with Gasteiger partial charge in [0.2, 0.25) is 5.95 Å². The number of piperidine rings is 1. The molecule has 1 fully saturated rings. The van der Waals surface area contributed by atoms with E-state index in [2.05, 4.69) is 14.7 Å². The average molecular weight is 347 g/mol. The SMILES string of the molecule is CCOC(=O)C1(C(F)(F)F)CCN(c2ncc(B(O)O)cn2)CC1. The lowest BCUT2D eigenvalue weighted by Gasteiger charge is -2.40. The molecular formula is C13H17BF3N3O4. The summed E-state index contributed by atoms with van der Waals surface area (Å²) >= 11 is 0. The fourth-order valence-corrected chi connectivity index (χ4v) is 2.59. The van der Waals surface area contributed by atoms with Crippen LogP contribution >= 0.6 is 0 Å². The Bertz CT molecular complexity index is 575. The van der Waals surface area contributed by atoms with Crippen LogP contribution in [0.25, 0.3) is 0 Å². The van der Waals surface area contributed by atoms with E-state index in [1.165, 1.54) is 24.2 Å². The van der Waals surface area contributed by atoms with Crippen molar-refractivity contribution in [2.75, 3.05) is 24.6 Å². The molecule has 1 saturated heterocycles. The van der Waals surface area contributed by atoms with Gasteiger partial charge in [0, 0.05) is 30.9 Å². The number of rotatable bonds is 4. The zero-order valence-corrected chi connectivity index (χ0v) is 13.0. The molecule has 1 aromatic heterocycles. The topological polar surface area (TPSA) is 95.8 Å². The van der Waals surface area contributed by atoms with Crippen LogP contribution in [0.1, 0.15) is 19.8 Å². The van der Waals surface area contributed by atoms with E-state index >= 15 is 0 Å². The van der Waals surface area contributed by atoms with Crippen LogP contribution in [0.2, 0.25) is 0 Å². The molecule has 0 aliphatic carbocycles. The third-order valence-corrected chi connectivity index (χ3v) is 4.06. The molecule has 0 aromatic carbocycles. The van der Waals surface area contributed by atoms with Crippen LogP contribution in [-0.2, 0) is 9.53 Å². The summed E-state index contributed by atoms with van der Waals surface area (Å²) in [5, 5.41) is 18.0. The molecule has 1 aromatic rings.